The summed E-state index contributed by atoms with van der Waals surface area (Å²) in [6.45, 7) is 0. The van der Waals surface area contributed by atoms with Crippen LogP contribution >= 0.6 is 0 Å². The minimum atomic E-state index is -2.16. The average molecular weight is 427 g/mol. The maximum Gasteiger partial charge on any atom is 1.00 e. The van der Waals surface area contributed by atoms with E-state index in [4.69, 9.17) is 0 Å². The van der Waals surface area contributed by atoms with E-state index in [9.17, 15) is 27.5 Å². The Kier molecular flexibility index (Phi) is 5.16. The van der Waals surface area contributed by atoms with E-state index in [2.05, 4.69) is 4.74 Å². The maximum absolute atomic E-state index is 12.9. The summed E-state index contributed by atoms with van der Waals surface area (Å²) >= 11 is 0. The fourth-order valence-electron chi connectivity index (χ4n) is 0.893. The van der Waals surface area contributed by atoms with E-state index >= 15 is 0 Å². The first-order chi connectivity index (χ1) is 6.91. The van der Waals surface area contributed by atoms with Crippen molar-refractivity contribution in [2.75, 3.05) is 7.11 Å². The van der Waals surface area contributed by atoms with Crippen LogP contribution in [0, 0.1) is 23.3 Å². The third-order valence-corrected chi connectivity index (χ3v) is 1.61. The molecule has 84 valence electrons. The van der Waals surface area contributed by atoms with E-state index in [0.29, 0.717) is 0 Å². The molecule has 16 heavy (non-hydrogen) atoms. The van der Waals surface area contributed by atoms with Crippen molar-refractivity contribution in [2.45, 2.75) is 0 Å². The fourth-order valence-corrected chi connectivity index (χ4v) is 0.893. The first-order valence-electron chi connectivity index (χ1n) is 3.53. The molecule has 0 saturated heterocycles. The second-order valence-electron chi connectivity index (χ2n) is 2.45. The second kappa shape index (κ2) is 5.46. The van der Waals surface area contributed by atoms with E-state index in [1.165, 1.54) is 0 Å². The van der Waals surface area contributed by atoms with Gasteiger partial charge in [0.15, 0.2) is 23.3 Å². The third-order valence-electron chi connectivity index (χ3n) is 1.61. The van der Waals surface area contributed by atoms with E-state index in [1.54, 1.807) is 0 Å². The quantitative estimate of drug-likeness (QED) is 0.287. The molecule has 0 bridgehead atoms. The summed E-state index contributed by atoms with van der Waals surface area (Å²) in [7, 11) is 0.766. The Morgan fingerprint density at radius 3 is 1.75 bits per heavy atom. The number of benzene rings is 1. The Bertz CT molecular complexity index is 407. The summed E-state index contributed by atoms with van der Waals surface area (Å²) in [5.74, 6) is -12.1. The minimum Gasteiger partial charge on any atom is -0.868 e. The zero-order chi connectivity index (χ0) is 11.7. The Hall–Kier alpha value is -0.868. The first kappa shape index (κ1) is 15.1. The third kappa shape index (κ3) is 2.28. The zero-order valence-corrected chi connectivity index (χ0v) is 12.3. The van der Waals surface area contributed by atoms with Gasteiger partial charge in [-0.3, -0.25) is 0 Å². The molecular formula is C8H3F4O3Tl. The van der Waals surface area contributed by atoms with Crippen molar-refractivity contribution in [1.82, 2.24) is 0 Å². The van der Waals surface area contributed by atoms with Crippen LogP contribution in [0.4, 0.5) is 17.6 Å². The van der Waals surface area contributed by atoms with Gasteiger partial charge in [-0.1, -0.05) is 0 Å². The molecule has 0 aromatic heterocycles. The van der Waals surface area contributed by atoms with Crippen LogP contribution in [0.2, 0.25) is 0 Å². The van der Waals surface area contributed by atoms with Crippen LogP contribution in [0.3, 0.4) is 0 Å². The van der Waals surface area contributed by atoms with Gasteiger partial charge in [0.25, 0.3) is 0 Å². The predicted octanol–water partition coefficient (Wildman–Crippen LogP) is 0.722. The number of esters is 1. The molecule has 1 rings (SSSR count). The largest absolute Gasteiger partial charge is 1.00 e. The van der Waals surface area contributed by atoms with Gasteiger partial charge in [0.2, 0.25) is 0 Å². The Balaban J connectivity index is 0.00000225. The van der Waals surface area contributed by atoms with Crippen molar-refractivity contribution >= 4 is 33.3 Å². The first-order valence-corrected chi connectivity index (χ1v) is 3.53. The Morgan fingerprint density at radius 1 is 1.06 bits per heavy atom. The Morgan fingerprint density at radius 2 is 1.44 bits per heavy atom. The number of carbonyl (C=O) groups excluding carboxylic acids is 1. The number of halogens is 4. The zero-order valence-electron chi connectivity index (χ0n) is 7.81. The molecule has 0 fully saturated rings. The van der Waals surface area contributed by atoms with Crippen LogP contribution in [0.1, 0.15) is 10.4 Å². The second-order valence-corrected chi connectivity index (χ2v) is 2.45. The van der Waals surface area contributed by atoms with E-state index < -0.39 is 40.6 Å². The smallest absolute Gasteiger partial charge is 0.868 e. The molecule has 0 atom stereocenters. The molecule has 0 aliphatic heterocycles. The molecule has 0 aliphatic rings. The van der Waals surface area contributed by atoms with Crippen molar-refractivity contribution in [3.8, 4) is 5.75 Å². The van der Waals surface area contributed by atoms with Gasteiger partial charge in [-0.05, 0) is 5.75 Å². The monoisotopic (exact) mass is 428 g/mol. The molecule has 1 aromatic carbocycles. The molecule has 0 aliphatic carbocycles. The number of carbonyl (C=O) groups is 1. The van der Waals surface area contributed by atoms with Crippen LogP contribution in [-0.4, -0.2) is 40.4 Å². The number of methoxy groups -OCH3 is 1. The van der Waals surface area contributed by atoms with E-state index in [-0.39, 0.29) is 27.3 Å². The van der Waals surface area contributed by atoms with E-state index in [1.807, 2.05) is 0 Å². The summed E-state index contributed by atoms with van der Waals surface area (Å²) in [5, 5.41) is 10.5. The number of ether oxygens (including phenoxy) is 1. The number of hydrogen-bond donors (Lipinski definition) is 0. The average Bonchev–Trinajstić information content (AvgIpc) is 2.23. The van der Waals surface area contributed by atoms with Gasteiger partial charge >= 0.3 is 33.3 Å². The normalized spacial score (nSPS) is 9.56. The summed E-state index contributed by atoms with van der Waals surface area (Å²) in [4.78, 5) is 10.7. The Labute approximate surface area is 107 Å². The standard InChI is InChI=1S/C8H4F4O3.Tl/c1-15-8(14)2-3(9)5(11)7(13)6(12)4(2)10;/h13H,1H3;/q;+1/p-1. The van der Waals surface area contributed by atoms with Crippen LogP contribution < -0.4 is 5.11 Å². The molecule has 0 spiro atoms. The van der Waals surface area contributed by atoms with Crippen LogP contribution in [-0.2, 0) is 4.74 Å². The number of rotatable bonds is 1. The topological polar surface area (TPSA) is 49.4 Å². The molecule has 0 amide bonds. The van der Waals surface area contributed by atoms with Gasteiger partial charge in [0.1, 0.15) is 5.56 Å². The van der Waals surface area contributed by atoms with Crippen molar-refractivity contribution in [2.24, 2.45) is 0 Å². The van der Waals surface area contributed by atoms with Gasteiger partial charge in [-0.25, -0.2) is 22.4 Å². The van der Waals surface area contributed by atoms with Gasteiger partial charge < -0.3 is 9.84 Å². The van der Waals surface area contributed by atoms with Gasteiger partial charge in [0, 0.05) is 0 Å². The summed E-state index contributed by atoms with van der Waals surface area (Å²) < 4.78 is 54.9. The SMILES string of the molecule is COC(=O)c1c(F)c(F)c([O-])c(F)c1F.[Tl+]. The summed E-state index contributed by atoms with van der Waals surface area (Å²) in [5.41, 5.74) is -1.56. The van der Waals surface area contributed by atoms with Crippen molar-refractivity contribution in [1.29, 1.82) is 0 Å². The van der Waals surface area contributed by atoms with Crippen LogP contribution in [0.15, 0.2) is 0 Å². The predicted molar refractivity (Wildman–Crippen MR) is 42.8 cm³/mol. The van der Waals surface area contributed by atoms with Gasteiger partial charge in [0.05, 0.1) is 7.11 Å². The van der Waals surface area contributed by atoms with Crippen LogP contribution in [0.5, 0.6) is 5.75 Å². The molecule has 0 heterocycles. The molecule has 1 aromatic rings. The fraction of sp³-hybridized carbons (Fsp3) is 0.125. The molecule has 0 unspecified atom stereocenters. The molecule has 3 nitrogen and oxygen atoms in total. The van der Waals surface area contributed by atoms with E-state index in [0.717, 1.165) is 7.11 Å². The summed E-state index contributed by atoms with van der Waals surface area (Å²) in [6.07, 6.45) is 0. The number of hydrogen-bond acceptors (Lipinski definition) is 3. The summed E-state index contributed by atoms with van der Waals surface area (Å²) in [6, 6.07) is 0. The molecule has 0 saturated carbocycles. The molecular weight excluding hydrogens is 424 g/mol. The minimum absolute atomic E-state index is 0. The van der Waals surface area contributed by atoms with Crippen molar-refractivity contribution in [3.05, 3.63) is 28.8 Å². The molecule has 8 heteroatoms. The molecule has 0 N–H and O–H groups in total. The van der Waals surface area contributed by atoms with Crippen molar-refractivity contribution in [3.63, 3.8) is 0 Å². The maximum atomic E-state index is 12.9. The van der Waals surface area contributed by atoms with Crippen LogP contribution in [0.25, 0.3) is 0 Å². The molecule has 0 radical (unpaired) electrons. The van der Waals surface area contributed by atoms with Gasteiger partial charge in [-0.15, -0.1) is 0 Å². The van der Waals surface area contributed by atoms with Crippen molar-refractivity contribution < 1.29 is 32.2 Å². The van der Waals surface area contributed by atoms with Gasteiger partial charge in [-0.2, -0.15) is 0 Å².